The molecule has 0 saturated heterocycles. The number of aliphatic imine (C=N–C) groups is 1. The second kappa shape index (κ2) is 12.1. The van der Waals surface area contributed by atoms with Gasteiger partial charge in [-0.2, -0.15) is 5.10 Å². The van der Waals surface area contributed by atoms with Gasteiger partial charge in [0.15, 0.2) is 5.96 Å². The monoisotopic (exact) mass is 496 g/mol. The van der Waals surface area contributed by atoms with Crippen LogP contribution in [0.4, 0.5) is 0 Å². The molecule has 1 aromatic carbocycles. The Hall–Kier alpha value is -1.61. The molecular formula is C21H33IN6. The third kappa shape index (κ3) is 6.77. The summed E-state index contributed by atoms with van der Waals surface area (Å²) < 4.78 is 1.96. The van der Waals surface area contributed by atoms with Crippen molar-refractivity contribution >= 4 is 29.9 Å². The highest BCUT2D eigenvalue weighted by molar-refractivity contribution is 14.0. The smallest absolute Gasteiger partial charge is 0.191 e. The maximum absolute atomic E-state index is 4.81. The minimum absolute atomic E-state index is 0. The van der Waals surface area contributed by atoms with Crippen molar-refractivity contribution in [3.8, 4) is 0 Å². The fourth-order valence-electron chi connectivity index (χ4n) is 3.45. The summed E-state index contributed by atoms with van der Waals surface area (Å²) in [5.74, 6) is 0.905. The van der Waals surface area contributed by atoms with Crippen LogP contribution in [0.1, 0.15) is 31.4 Å². The highest BCUT2D eigenvalue weighted by atomic mass is 127. The Bertz CT molecular complexity index is 715. The number of hydrogen-bond acceptors (Lipinski definition) is 3. The number of nitrogens with zero attached hydrogens (tertiary/aromatic N) is 4. The molecule has 2 heterocycles. The second-order valence-electron chi connectivity index (χ2n) is 7.11. The van der Waals surface area contributed by atoms with Gasteiger partial charge in [0.1, 0.15) is 0 Å². The molecule has 6 nitrogen and oxygen atoms in total. The first-order valence-corrected chi connectivity index (χ1v) is 10.1. The van der Waals surface area contributed by atoms with Crippen LogP contribution in [0, 0.1) is 0 Å². The molecule has 154 valence electrons. The maximum Gasteiger partial charge on any atom is 0.191 e. The number of halogens is 1. The van der Waals surface area contributed by atoms with E-state index in [0.29, 0.717) is 6.04 Å². The van der Waals surface area contributed by atoms with Crippen LogP contribution >= 0.6 is 24.0 Å². The minimum Gasteiger partial charge on any atom is -0.357 e. The fraction of sp³-hybridized carbons (Fsp3) is 0.524. The highest BCUT2D eigenvalue weighted by Crippen LogP contribution is 2.20. The van der Waals surface area contributed by atoms with Crippen molar-refractivity contribution in [3.05, 3.63) is 53.9 Å². The molecule has 2 aromatic rings. The number of hydrogen-bond donors (Lipinski definition) is 2. The number of fused-ring (bicyclic) bond motifs is 1. The first kappa shape index (κ1) is 22.7. The number of benzene rings is 1. The van der Waals surface area contributed by atoms with E-state index in [0.717, 1.165) is 58.1 Å². The van der Waals surface area contributed by atoms with Crippen molar-refractivity contribution in [1.29, 1.82) is 0 Å². The molecule has 1 unspecified atom stereocenters. The molecule has 1 aromatic heterocycles. The van der Waals surface area contributed by atoms with Crippen molar-refractivity contribution in [2.75, 3.05) is 26.2 Å². The molecule has 0 amide bonds. The molecule has 0 aliphatic carbocycles. The molecule has 0 fully saturated rings. The van der Waals surface area contributed by atoms with Gasteiger partial charge in [-0.15, -0.1) is 24.0 Å². The lowest BCUT2D eigenvalue weighted by molar-refractivity contribution is 0.195. The van der Waals surface area contributed by atoms with Crippen LogP contribution in [0.3, 0.4) is 0 Å². The predicted molar refractivity (Wildman–Crippen MR) is 126 cm³/mol. The third-order valence-corrected chi connectivity index (χ3v) is 5.06. The Labute approximate surface area is 185 Å². The lowest BCUT2D eigenvalue weighted by atomic mass is 9.99. The van der Waals surface area contributed by atoms with Crippen LogP contribution in [-0.2, 0) is 19.5 Å². The zero-order chi connectivity index (χ0) is 18.9. The van der Waals surface area contributed by atoms with E-state index in [4.69, 9.17) is 4.99 Å². The quantitative estimate of drug-likeness (QED) is 0.256. The maximum atomic E-state index is 4.81. The van der Waals surface area contributed by atoms with Gasteiger partial charge in [-0.3, -0.25) is 14.6 Å². The number of guanidine groups is 1. The van der Waals surface area contributed by atoms with Gasteiger partial charge in [0.05, 0.1) is 6.54 Å². The van der Waals surface area contributed by atoms with Gasteiger partial charge < -0.3 is 10.6 Å². The van der Waals surface area contributed by atoms with E-state index in [-0.39, 0.29) is 24.0 Å². The summed E-state index contributed by atoms with van der Waals surface area (Å²) in [6.07, 6.45) is 5.97. The molecular weight excluding hydrogens is 463 g/mol. The Kier molecular flexibility index (Phi) is 9.77. The van der Waals surface area contributed by atoms with Crippen molar-refractivity contribution in [3.63, 3.8) is 0 Å². The molecule has 1 atom stereocenters. The second-order valence-corrected chi connectivity index (χ2v) is 7.11. The number of nitrogens with one attached hydrogen (secondary N) is 2. The Morgan fingerprint density at radius 1 is 1.21 bits per heavy atom. The van der Waals surface area contributed by atoms with E-state index in [1.807, 2.05) is 23.1 Å². The summed E-state index contributed by atoms with van der Waals surface area (Å²) in [6.45, 7) is 10.0. The van der Waals surface area contributed by atoms with Gasteiger partial charge in [-0.1, -0.05) is 24.3 Å². The van der Waals surface area contributed by atoms with Crippen molar-refractivity contribution < 1.29 is 0 Å². The summed E-state index contributed by atoms with van der Waals surface area (Å²) in [5, 5.41) is 11.0. The fourth-order valence-corrected chi connectivity index (χ4v) is 3.45. The summed E-state index contributed by atoms with van der Waals surface area (Å²) in [5.41, 5.74) is 2.96. The molecule has 0 spiro atoms. The minimum atomic E-state index is 0. The summed E-state index contributed by atoms with van der Waals surface area (Å²) in [6, 6.07) is 11.2. The summed E-state index contributed by atoms with van der Waals surface area (Å²) in [7, 11) is 0. The van der Waals surface area contributed by atoms with Gasteiger partial charge in [0, 0.05) is 51.2 Å². The van der Waals surface area contributed by atoms with E-state index in [1.165, 1.54) is 11.1 Å². The zero-order valence-corrected chi connectivity index (χ0v) is 19.3. The Balaban J connectivity index is 0.00000280. The number of rotatable bonds is 8. The van der Waals surface area contributed by atoms with Crippen molar-refractivity contribution in [2.24, 2.45) is 4.99 Å². The predicted octanol–water partition coefficient (Wildman–Crippen LogP) is 2.89. The van der Waals surface area contributed by atoms with Crippen LogP contribution < -0.4 is 10.6 Å². The van der Waals surface area contributed by atoms with Gasteiger partial charge in [-0.05, 0) is 43.9 Å². The van der Waals surface area contributed by atoms with Crippen molar-refractivity contribution in [1.82, 2.24) is 25.3 Å². The molecule has 1 aliphatic heterocycles. The molecule has 1 aliphatic rings. The van der Waals surface area contributed by atoms with Gasteiger partial charge >= 0.3 is 0 Å². The largest absolute Gasteiger partial charge is 0.357 e. The van der Waals surface area contributed by atoms with Crippen LogP contribution in [0.15, 0.2) is 47.7 Å². The average Bonchev–Trinajstić information content (AvgIpc) is 3.22. The van der Waals surface area contributed by atoms with Gasteiger partial charge in [-0.25, -0.2) is 0 Å². The Morgan fingerprint density at radius 3 is 2.79 bits per heavy atom. The molecule has 0 saturated carbocycles. The number of aromatic nitrogens is 2. The van der Waals surface area contributed by atoms with E-state index < -0.39 is 0 Å². The topological polar surface area (TPSA) is 57.5 Å². The summed E-state index contributed by atoms with van der Waals surface area (Å²) in [4.78, 5) is 7.34. The van der Waals surface area contributed by atoms with Gasteiger partial charge in [0.25, 0.3) is 0 Å². The lowest BCUT2D eigenvalue weighted by Crippen LogP contribution is -2.42. The lowest BCUT2D eigenvalue weighted by Gasteiger charge is -2.33. The van der Waals surface area contributed by atoms with Crippen LogP contribution in [0.2, 0.25) is 0 Å². The molecule has 28 heavy (non-hydrogen) atoms. The van der Waals surface area contributed by atoms with Crippen LogP contribution in [0.25, 0.3) is 0 Å². The first-order chi connectivity index (χ1) is 13.3. The zero-order valence-electron chi connectivity index (χ0n) is 17.0. The molecule has 2 N–H and O–H groups in total. The molecule has 0 radical (unpaired) electrons. The normalized spacial score (nSPS) is 15.4. The van der Waals surface area contributed by atoms with E-state index >= 15 is 0 Å². The van der Waals surface area contributed by atoms with E-state index in [2.05, 4.69) is 58.7 Å². The van der Waals surface area contributed by atoms with Crippen LogP contribution in [-0.4, -0.2) is 52.9 Å². The van der Waals surface area contributed by atoms with Crippen LogP contribution in [0.5, 0.6) is 0 Å². The molecule has 3 rings (SSSR count). The standard InChI is InChI=1S/C21H32N6.HI/c1-3-22-21(23-11-6-13-27-14-7-12-25-27)24-16-18(2)26-15-10-19-8-4-5-9-20(19)17-26;/h4-5,7-9,12,14,18H,3,6,10-11,13,15-17H2,1-2H3,(H2,22,23,24);1H. The molecule has 0 bridgehead atoms. The summed E-state index contributed by atoms with van der Waals surface area (Å²) >= 11 is 0. The SMILES string of the molecule is CCNC(=NCC(C)N1CCc2ccccc2C1)NCCCn1cccn1.I. The van der Waals surface area contributed by atoms with Crippen molar-refractivity contribution in [2.45, 2.75) is 45.8 Å². The number of aryl methyl sites for hydroxylation is 1. The van der Waals surface area contributed by atoms with Gasteiger partial charge in [0.2, 0.25) is 0 Å². The third-order valence-electron chi connectivity index (χ3n) is 5.06. The molecule has 7 heteroatoms. The van der Waals surface area contributed by atoms with E-state index in [9.17, 15) is 0 Å². The first-order valence-electron chi connectivity index (χ1n) is 10.1. The Morgan fingerprint density at radius 2 is 2.04 bits per heavy atom. The van der Waals surface area contributed by atoms with E-state index in [1.54, 1.807) is 0 Å². The highest BCUT2D eigenvalue weighted by Gasteiger charge is 2.20. The average molecular weight is 496 g/mol.